The van der Waals surface area contributed by atoms with E-state index in [9.17, 15) is 0 Å². The summed E-state index contributed by atoms with van der Waals surface area (Å²) in [5.74, 6) is 0.616. The van der Waals surface area contributed by atoms with E-state index in [1.807, 2.05) is 26.0 Å². The number of pyridine rings is 1. The van der Waals surface area contributed by atoms with E-state index in [2.05, 4.69) is 27.0 Å². The summed E-state index contributed by atoms with van der Waals surface area (Å²) in [4.78, 5) is 3.73. The fourth-order valence-electron chi connectivity index (χ4n) is 1.20. The van der Waals surface area contributed by atoms with E-state index >= 15 is 0 Å². The predicted molar refractivity (Wildman–Crippen MR) is 87.2 cm³/mol. The molecule has 0 saturated carbocycles. The number of nitrogen functional groups attached to an aromatic ring is 3. The minimum absolute atomic E-state index is 0.256. The first-order chi connectivity index (χ1) is 9.00. The van der Waals surface area contributed by atoms with E-state index in [0.29, 0.717) is 16.0 Å². The molecule has 0 atom stereocenters. The first-order valence-electron chi connectivity index (χ1n) is 6.10. The van der Waals surface area contributed by atoms with Crippen LogP contribution in [0, 0.1) is 0 Å². The number of hydrogen-bond acceptors (Lipinski definition) is 5. The molecule has 106 valence electrons. The van der Waals surface area contributed by atoms with Crippen LogP contribution in [0.1, 0.15) is 26.7 Å². The Bertz CT molecular complexity index is 431. The van der Waals surface area contributed by atoms with Crippen LogP contribution in [0.25, 0.3) is 0 Å². The molecule has 0 amide bonds. The van der Waals surface area contributed by atoms with Crippen LogP contribution in [-0.4, -0.2) is 4.98 Å². The Hall–Kier alpha value is -1.69. The SMILES string of the molecule is CC.NC1=CCCC=C1.Nc1cc(Br)c(N)c(N)n1. The van der Waals surface area contributed by atoms with E-state index < -0.39 is 0 Å². The van der Waals surface area contributed by atoms with Gasteiger partial charge in [0.2, 0.25) is 0 Å². The van der Waals surface area contributed by atoms with Crippen molar-refractivity contribution in [1.29, 1.82) is 0 Å². The fraction of sp³-hybridized carbons (Fsp3) is 0.308. The summed E-state index contributed by atoms with van der Waals surface area (Å²) < 4.78 is 0.678. The van der Waals surface area contributed by atoms with Gasteiger partial charge in [-0.05, 0) is 40.9 Å². The summed E-state index contributed by atoms with van der Waals surface area (Å²) in [7, 11) is 0. The molecule has 1 aliphatic rings. The number of halogens is 1. The van der Waals surface area contributed by atoms with Gasteiger partial charge in [-0.1, -0.05) is 26.0 Å². The quantitative estimate of drug-likeness (QED) is 0.584. The fourth-order valence-corrected chi connectivity index (χ4v) is 1.63. The lowest BCUT2D eigenvalue weighted by molar-refractivity contribution is 1.01. The topological polar surface area (TPSA) is 117 Å². The maximum Gasteiger partial charge on any atom is 0.150 e. The lowest BCUT2D eigenvalue weighted by Crippen LogP contribution is -2.01. The van der Waals surface area contributed by atoms with Crippen molar-refractivity contribution in [3.05, 3.63) is 34.5 Å². The Balaban J connectivity index is 0.000000316. The van der Waals surface area contributed by atoms with Crippen molar-refractivity contribution < 1.29 is 0 Å². The van der Waals surface area contributed by atoms with Crippen LogP contribution in [0.3, 0.4) is 0 Å². The van der Waals surface area contributed by atoms with Gasteiger partial charge < -0.3 is 22.9 Å². The third-order valence-corrected chi connectivity index (χ3v) is 2.74. The van der Waals surface area contributed by atoms with Crippen LogP contribution in [0.4, 0.5) is 17.3 Å². The minimum atomic E-state index is 0.256. The molecule has 0 aromatic carbocycles. The van der Waals surface area contributed by atoms with Gasteiger partial charge in [0.15, 0.2) is 0 Å². The number of anilines is 3. The lowest BCUT2D eigenvalue weighted by atomic mass is 10.2. The summed E-state index contributed by atoms with van der Waals surface area (Å²) in [5.41, 5.74) is 22.9. The Kier molecular flexibility index (Phi) is 8.44. The smallest absolute Gasteiger partial charge is 0.150 e. The number of rotatable bonds is 0. The molecule has 8 N–H and O–H groups in total. The molecule has 1 aromatic rings. The van der Waals surface area contributed by atoms with Crippen LogP contribution >= 0.6 is 15.9 Å². The predicted octanol–water partition coefficient (Wildman–Crippen LogP) is 2.80. The van der Waals surface area contributed by atoms with Crippen molar-refractivity contribution >= 4 is 33.3 Å². The van der Waals surface area contributed by atoms with Crippen LogP contribution in [0.15, 0.2) is 34.5 Å². The molecule has 1 aliphatic carbocycles. The van der Waals surface area contributed by atoms with Gasteiger partial charge in [-0.15, -0.1) is 0 Å². The second-order valence-corrected chi connectivity index (χ2v) is 4.37. The van der Waals surface area contributed by atoms with Gasteiger partial charge in [-0.25, -0.2) is 4.98 Å². The van der Waals surface area contributed by atoms with Gasteiger partial charge in [0.05, 0.1) is 5.69 Å². The highest BCUT2D eigenvalue weighted by Gasteiger charge is 2.01. The molecule has 2 rings (SSSR count). The second kappa shape index (κ2) is 9.27. The molecule has 0 unspecified atom stereocenters. The molecule has 0 spiro atoms. The number of allylic oxidation sites excluding steroid dienone is 3. The zero-order valence-electron chi connectivity index (χ0n) is 11.4. The number of nitrogens with two attached hydrogens (primary N) is 4. The Morgan fingerprint density at radius 3 is 2.11 bits per heavy atom. The van der Waals surface area contributed by atoms with Crippen LogP contribution in [0.5, 0.6) is 0 Å². The third kappa shape index (κ3) is 6.71. The van der Waals surface area contributed by atoms with Crippen molar-refractivity contribution in [1.82, 2.24) is 4.98 Å². The van der Waals surface area contributed by atoms with Crippen molar-refractivity contribution in [2.75, 3.05) is 17.2 Å². The van der Waals surface area contributed by atoms with Crippen molar-refractivity contribution in [2.45, 2.75) is 26.7 Å². The molecular formula is C13H22BrN5. The van der Waals surface area contributed by atoms with Crippen molar-refractivity contribution in [3.8, 4) is 0 Å². The van der Waals surface area contributed by atoms with Gasteiger partial charge in [-0.3, -0.25) is 0 Å². The van der Waals surface area contributed by atoms with Crippen molar-refractivity contribution in [3.63, 3.8) is 0 Å². The van der Waals surface area contributed by atoms with Gasteiger partial charge in [0, 0.05) is 10.2 Å². The van der Waals surface area contributed by atoms with Crippen LogP contribution in [0.2, 0.25) is 0 Å². The van der Waals surface area contributed by atoms with Crippen LogP contribution in [-0.2, 0) is 0 Å². The summed E-state index contributed by atoms with van der Waals surface area (Å²) in [6.45, 7) is 4.00. The highest BCUT2D eigenvalue weighted by Crippen LogP contribution is 2.25. The summed E-state index contributed by atoms with van der Waals surface area (Å²) in [6, 6.07) is 1.60. The lowest BCUT2D eigenvalue weighted by Gasteiger charge is -2.01. The number of nitrogens with zero attached hydrogens (tertiary/aromatic N) is 1. The first-order valence-corrected chi connectivity index (χ1v) is 6.89. The molecule has 0 fully saturated rings. The maximum absolute atomic E-state index is 5.46. The van der Waals surface area contributed by atoms with Gasteiger partial charge in [0.1, 0.15) is 11.6 Å². The molecule has 1 aromatic heterocycles. The standard InChI is InChI=1S/C6H9N.C5H7BrN4.C2H6/c7-6-4-2-1-3-5-6;6-2-1-3(7)10-5(9)4(2)8;1-2/h2,4-5H,1,3,7H2;1H,8H2,(H4,7,9,10);1-2H3. The molecule has 0 saturated heterocycles. The monoisotopic (exact) mass is 327 g/mol. The highest BCUT2D eigenvalue weighted by molar-refractivity contribution is 9.10. The molecule has 6 heteroatoms. The maximum atomic E-state index is 5.46. The van der Waals surface area contributed by atoms with E-state index in [4.69, 9.17) is 22.9 Å². The van der Waals surface area contributed by atoms with Crippen LogP contribution < -0.4 is 22.9 Å². The zero-order chi connectivity index (χ0) is 14.8. The Morgan fingerprint density at radius 2 is 1.74 bits per heavy atom. The van der Waals surface area contributed by atoms with Gasteiger partial charge in [-0.2, -0.15) is 0 Å². The molecular weight excluding hydrogens is 306 g/mol. The van der Waals surface area contributed by atoms with Gasteiger partial charge >= 0.3 is 0 Å². The van der Waals surface area contributed by atoms with E-state index in [0.717, 1.165) is 18.5 Å². The molecule has 1 heterocycles. The second-order valence-electron chi connectivity index (χ2n) is 3.51. The zero-order valence-corrected chi connectivity index (χ0v) is 12.9. The van der Waals surface area contributed by atoms with Gasteiger partial charge in [0.25, 0.3) is 0 Å². The largest absolute Gasteiger partial charge is 0.399 e. The minimum Gasteiger partial charge on any atom is -0.399 e. The number of hydrogen-bond donors (Lipinski definition) is 4. The highest BCUT2D eigenvalue weighted by atomic mass is 79.9. The third-order valence-electron chi connectivity index (χ3n) is 2.08. The normalized spacial score (nSPS) is 12.5. The molecule has 5 nitrogen and oxygen atoms in total. The van der Waals surface area contributed by atoms with E-state index in [1.165, 1.54) is 0 Å². The first kappa shape index (κ1) is 17.3. The Morgan fingerprint density at radius 1 is 1.11 bits per heavy atom. The molecule has 19 heavy (non-hydrogen) atoms. The van der Waals surface area contributed by atoms with E-state index in [1.54, 1.807) is 6.07 Å². The molecule has 0 bridgehead atoms. The summed E-state index contributed by atoms with van der Waals surface area (Å²) in [5, 5.41) is 0. The Labute approximate surface area is 122 Å². The summed E-state index contributed by atoms with van der Waals surface area (Å²) in [6.07, 6.45) is 8.35. The average Bonchev–Trinajstić information content (AvgIpc) is 2.40. The molecule has 0 radical (unpaired) electrons. The van der Waals surface area contributed by atoms with E-state index in [-0.39, 0.29) is 5.82 Å². The van der Waals surface area contributed by atoms with Crippen molar-refractivity contribution in [2.24, 2.45) is 5.73 Å². The average molecular weight is 328 g/mol. The summed E-state index contributed by atoms with van der Waals surface area (Å²) >= 11 is 3.17. The number of aromatic nitrogens is 1. The molecule has 0 aliphatic heterocycles.